The van der Waals surface area contributed by atoms with Crippen LogP contribution in [0.1, 0.15) is 17.2 Å². The number of ketones is 1. The summed E-state index contributed by atoms with van der Waals surface area (Å²) in [5, 5.41) is 11.5. The van der Waals surface area contributed by atoms with E-state index in [0.29, 0.717) is 11.3 Å². The van der Waals surface area contributed by atoms with Crippen molar-refractivity contribution < 1.29 is 24.2 Å². The smallest absolute Gasteiger partial charge is 0.300 e. The number of aliphatic hydroxyl groups is 1. The molecule has 1 aliphatic rings. The van der Waals surface area contributed by atoms with Gasteiger partial charge in [-0.15, -0.1) is 0 Å². The Labute approximate surface area is 214 Å². The zero-order valence-corrected chi connectivity index (χ0v) is 21.1. The number of amides is 1. The Bertz CT molecular complexity index is 1310. The molecule has 1 fully saturated rings. The van der Waals surface area contributed by atoms with Crippen LogP contribution in [-0.2, 0) is 9.59 Å². The second kappa shape index (κ2) is 9.70. The highest BCUT2D eigenvalue weighted by Crippen LogP contribution is 2.48. The number of anilines is 1. The third-order valence-electron chi connectivity index (χ3n) is 5.46. The number of methoxy groups -OCH3 is 2. The summed E-state index contributed by atoms with van der Waals surface area (Å²) in [6, 6.07) is 16.4. The van der Waals surface area contributed by atoms with Crippen LogP contribution in [0.5, 0.6) is 11.5 Å². The molecule has 1 N–H and O–H groups in total. The third kappa shape index (κ3) is 4.04. The first-order valence-corrected chi connectivity index (χ1v) is 11.6. The molecule has 1 saturated heterocycles. The Kier molecular flexibility index (Phi) is 6.89. The molecule has 1 unspecified atom stereocenters. The number of hydrogen-bond acceptors (Lipinski definition) is 5. The fourth-order valence-corrected chi connectivity index (χ4v) is 4.89. The zero-order valence-electron chi connectivity index (χ0n) is 18.0. The summed E-state index contributed by atoms with van der Waals surface area (Å²) in [6.07, 6.45) is 0. The van der Waals surface area contributed by atoms with Crippen LogP contribution in [0.3, 0.4) is 0 Å². The van der Waals surface area contributed by atoms with Gasteiger partial charge in [0.2, 0.25) is 0 Å². The molecule has 0 aliphatic carbocycles. The Morgan fingerprint density at radius 1 is 0.971 bits per heavy atom. The lowest BCUT2D eigenvalue weighted by molar-refractivity contribution is -0.132. The molecule has 0 spiro atoms. The molecule has 3 aromatic carbocycles. The van der Waals surface area contributed by atoms with Gasteiger partial charge in [0, 0.05) is 10.2 Å². The quantitative estimate of drug-likeness (QED) is 0.221. The van der Waals surface area contributed by atoms with Crippen molar-refractivity contribution >= 4 is 62.3 Å². The van der Waals surface area contributed by atoms with Gasteiger partial charge in [0.1, 0.15) is 10.8 Å². The molecule has 6 nitrogen and oxygen atoms in total. The molecule has 0 saturated carbocycles. The van der Waals surface area contributed by atoms with E-state index < -0.39 is 23.5 Å². The number of aliphatic hydroxyl groups excluding tert-OH is 1. The van der Waals surface area contributed by atoms with E-state index in [9.17, 15) is 14.7 Å². The van der Waals surface area contributed by atoms with Gasteiger partial charge in [-0.1, -0.05) is 69.5 Å². The number of rotatable bonds is 5. The highest BCUT2D eigenvalue weighted by atomic mass is 79.9. The Balaban J connectivity index is 2.00. The molecular weight excluding hydrogens is 545 g/mol. The molecule has 0 aromatic heterocycles. The van der Waals surface area contributed by atoms with Crippen molar-refractivity contribution in [3.05, 3.63) is 91.9 Å². The largest absolute Gasteiger partial charge is 0.507 e. The third-order valence-corrected chi connectivity index (χ3v) is 6.61. The molecule has 0 radical (unpaired) electrons. The summed E-state index contributed by atoms with van der Waals surface area (Å²) in [4.78, 5) is 27.9. The van der Waals surface area contributed by atoms with E-state index in [2.05, 4.69) is 15.9 Å². The minimum absolute atomic E-state index is 0.0254. The van der Waals surface area contributed by atoms with Gasteiger partial charge in [0.05, 0.1) is 36.4 Å². The zero-order chi connectivity index (χ0) is 24.6. The topological polar surface area (TPSA) is 76.1 Å². The Morgan fingerprint density at radius 3 is 2.18 bits per heavy atom. The number of hydrogen-bond donors (Lipinski definition) is 1. The molecular formula is C25H18BrCl2NO5. The van der Waals surface area contributed by atoms with E-state index in [1.54, 1.807) is 48.5 Å². The summed E-state index contributed by atoms with van der Waals surface area (Å²) in [6.45, 7) is 0. The van der Waals surface area contributed by atoms with Gasteiger partial charge in [-0.2, -0.15) is 0 Å². The molecule has 3 aromatic rings. The maximum absolute atomic E-state index is 13.3. The van der Waals surface area contributed by atoms with Crippen LogP contribution >= 0.6 is 39.1 Å². The lowest BCUT2D eigenvalue weighted by Gasteiger charge is -2.25. The Hall–Kier alpha value is -3.00. The highest BCUT2D eigenvalue weighted by Gasteiger charge is 2.47. The SMILES string of the molecule is COc1c(Cl)cc(/C(O)=C2\C(=O)C(=O)N(c3ccc(Br)cc3)C2c2ccccc2)c(OC)c1Cl. The standard InChI is InChI=1S/C25H18BrCl2NO5/c1-33-23-16(12-17(27)24(34-2)19(23)28)21(30)18-20(13-6-4-3-5-7-13)29(25(32)22(18)31)15-10-8-14(26)9-11-15/h3-12,20,30H,1-2H3/b21-18+. The van der Waals surface area contributed by atoms with E-state index in [0.717, 1.165) is 4.47 Å². The second-order valence-corrected chi connectivity index (χ2v) is 9.04. The summed E-state index contributed by atoms with van der Waals surface area (Å²) in [5.41, 5.74) is 1.08. The van der Waals surface area contributed by atoms with Gasteiger partial charge in [-0.25, -0.2) is 0 Å². The molecule has 0 bridgehead atoms. The average molecular weight is 563 g/mol. The molecule has 4 rings (SSSR count). The molecule has 34 heavy (non-hydrogen) atoms. The average Bonchev–Trinajstić information content (AvgIpc) is 3.10. The van der Waals surface area contributed by atoms with E-state index in [-0.39, 0.29) is 32.7 Å². The van der Waals surface area contributed by atoms with E-state index in [4.69, 9.17) is 32.7 Å². The van der Waals surface area contributed by atoms with Gasteiger partial charge in [-0.3, -0.25) is 14.5 Å². The van der Waals surface area contributed by atoms with Gasteiger partial charge < -0.3 is 14.6 Å². The van der Waals surface area contributed by atoms with Crippen molar-refractivity contribution in [2.75, 3.05) is 19.1 Å². The predicted octanol–water partition coefficient (Wildman–Crippen LogP) is 6.40. The van der Waals surface area contributed by atoms with E-state index >= 15 is 0 Å². The first-order valence-electron chi connectivity index (χ1n) is 10.0. The fourth-order valence-electron chi connectivity index (χ4n) is 3.94. The van der Waals surface area contributed by atoms with Gasteiger partial charge in [0.15, 0.2) is 11.5 Å². The second-order valence-electron chi connectivity index (χ2n) is 7.34. The van der Waals surface area contributed by atoms with Crippen LogP contribution in [0.15, 0.2) is 70.7 Å². The van der Waals surface area contributed by atoms with Crippen LogP contribution in [-0.4, -0.2) is 31.0 Å². The summed E-state index contributed by atoms with van der Waals surface area (Å²) < 4.78 is 11.4. The van der Waals surface area contributed by atoms with Gasteiger partial charge >= 0.3 is 0 Å². The molecule has 9 heteroatoms. The fraction of sp³-hybridized carbons (Fsp3) is 0.120. The summed E-state index contributed by atoms with van der Waals surface area (Å²) in [5.74, 6) is -1.87. The van der Waals surface area contributed by atoms with Crippen molar-refractivity contribution in [1.29, 1.82) is 0 Å². The summed E-state index contributed by atoms with van der Waals surface area (Å²) >= 11 is 16.1. The molecule has 1 amide bonds. The number of carbonyl (C=O) groups excluding carboxylic acids is 2. The maximum atomic E-state index is 13.3. The lowest BCUT2D eigenvalue weighted by Crippen LogP contribution is -2.29. The van der Waals surface area contributed by atoms with Gasteiger partial charge in [0.25, 0.3) is 11.7 Å². The van der Waals surface area contributed by atoms with Crippen LogP contribution in [0, 0.1) is 0 Å². The number of halogens is 3. The van der Waals surface area contributed by atoms with E-state index in [1.807, 2.05) is 6.07 Å². The maximum Gasteiger partial charge on any atom is 0.300 e. The summed E-state index contributed by atoms with van der Waals surface area (Å²) in [7, 11) is 2.76. The van der Waals surface area contributed by atoms with Crippen molar-refractivity contribution in [3.63, 3.8) is 0 Å². The lowest BCUT2D eigenvalue weighted by atomic mass is 9.94. The molecule has 174 valence electrons. The van der Waals surface area contributed by atoms with Crippen LogP contribution < -0.4 is 14.4 Å². The Morgan fingerprint density at radius 2 is 1.59 bits per heavy atom. The van der Waals surface area contributed by atoms with Crippen molar-refractivity contribution in [2.24, 2.45) is 0 Å². The number of carbonyl (C=O) groups is 2. The predicted molar refractivity (Wildman–Crippen MR) is 135 cm³/mol. The minimum Gasteiger partial charge on any atom is -0.507 e. The van der Waals surface area contributed by atoms with Crippen molar-refractivity contribution in [1.82, 2.24) is 0 Å². The monoisotopic (exact) mass is 561 g/mol. The molecule has 1 heterocycles. The van der Waals surface area contributed by atoms with Crippen LogP contribution in [0.2, 0.25) is 10.0 Å². The van der Waals surface area contributed by atoms with Crippen LogP contribution in [0.25, 0.3) is 5.76 Å². The van der Waals surface area contributed by atoms with E-state index in [1.165, 1.54) is 25.2 Å². The molecule has 1 aliphatic heterocycles. The number of Topliss-reactive ketones (excluding diaryl/α,β-unsaturated/α-hetero) is 1. The molecule has 1 atom stereocenters. The normalized spacial score (nSPS) is 17.2. The number of benzene rings is 3. The number of ether oxygens (including phenoxy) is 2. The minimum atomic E-state index is -0.897. The number of nitrogens with zero attached hydrogens (tertiary/aromatic N) is 1. The van der Waals surface area contributed by atoms with Crippen molar-refractivity contribution in [2.45, 2.75) is 6.04 Å². The van der Waals surface area contributed by atoms with Crippen molar-refractivity contribution in [3.8, 4) is 11.5 Å². The van der Waals surface area contributed by atoms with Gasteiger partial charge in [-0.05, 0) is 35.9 Å². The first kappa shape index (κ1) is 24.1. The highest BCUT2D eigenvalue weighted by molar-refractivity contribution is 9.10. The van der Waals surface area contributed by atoms with Crippen LogP contribution in [0.4, 0.5) is 5.69 Å². The first-order chi connectivity index (χ1) is 16.3.